The van der Waals surface area contributed by atoms with E-state index >= 15 is 0 Å². The summed E-state index contributed by atoms with van der Waals surface area (Å²) in [5.41, 5.74) is 8.10. The van der Waals surface area contributed by atoms with Crippen molar-refractivity contribution < 1.29 is 0 Å². The molecule has 0 saturated heterocycles. The lowest BCUT2D eigenvalue weighted by Gasteiger charge is -2.21. The second kappa shape index (κ2) is 7.70. The van der Waals surface area contributed by atoms with Gasteiger partial charge in [0.15, 0.2) is 5.82 Å². The molecule has 2 rings (SSSR count). The van der Waals surface area contributed by atoms with Crippen LogP contribution in [0.4, 0.5) is 5.82 Å². The molecule has 0 aliphatic rings. The minimum atomic E-state index is 0.415. The number of halogens is 2. The molecule has 2 N–H and O–H groups in total. The maximum atomic E-state index is 6.25. The van der Waals surface area contributed by atoms with Gasteiger partial charge in [0, 0.05) is 18.1 Å². The summed E-state index contributed by atoms with van der Waals surface area (Å²) in [5, 5.41) is 2.18. The molecule has 0 aliphatic carbocycles. The third-order valence-corrected chi connectivity index (χ3v) is 3.62. The Labute approximate surface area is 137 Å². The maximum absolute atomic E-state index is 6.25. The summed E-state index contributed by atoms with van der Waals surface area (Å²) in [6.07, 6.45) is 2.48. The lowest BCUT2D eigenvalue weighted by molar-refractivity contribution is 0.285. The SMILES string of the molecule is CCCNN(C)Nc1ncnc(Cl)c1-c1ccc(Br)cc1. The molecule has 0 bridgehead atoms. The van der Waals surface area contributed by atoms with E-state index in [1.807, 2.05) is 31.3 Å². The van der Waals surface area contributed by atoms with Gasteiger partial charge in [-0.1, -0.05) is 46.6 Å². The fourth-order valence-corrected chi connectivity index (χ4v) is 2.31. The summed E-state index contributed by atoms with van der Waals surface area (Å²) < 4.78 is 1.01. The first kappa shape index (κ1) is 16.2. The normalized spacial score (nSPS) is 10.9. The average Bonchev–Trinajstić information content (AvgIpc) is 2.47. The quantitative estimate of drug-likeness (QED) is 0.599. The maximum Gasteiger partial charge on any atom is 0.154 e. The topological polar surface area (TPSA) is 53.1 Å². The Morgan fingerprint density at radius 3 is 2.62 bits per heavy atom. The van der Waals surface area contributed by atoms with E-state index in [1.54, 1.807) is 5.12 Å². The molecule has 0 fully saturated rings. The number of aromatic nitrogens is 2. The molecule has 1 aromatic carbocycles. The third-order valence-electron chi connectivity index (χ3n) is 2.81. The van der Waals surface area contributed by atoms with Gasteiger partial charge in [-0.25, -0.2) is 15.4 Å². The zero-order chi connectivity index (χ0) is 15.2. The number of nitrogens with zero attached hydrogens (tertiary/aromatic N) is 3. The highest BCUT2D eigenvalue weighted by atomic mass is 79.9. The monoisotopic (exact) mass is 369 g/mol. The van der Waals surface area contributed by atoms with Gasteiger partial charge in [0.25, 0.3) is 0 Å². The number of hydrazine groups is 2. The molecule has 7 heteroatoms. The molecule has 1 aromatic heterocycles. The van der Waals surface area contributed by atoms with Crippen molar-refractivity contribution >= 4 is 33.3 Å². The van der Waals surface area contributed by atoms with Crippen LogP contribution in [-0.2, 0) is 0 Å². The minimum Gasteiger partial charge on any atom is -0.289 e. The van der Waals surface area contributed by atoms with E-state index in [4.69, 9.17) is 11.6 Å². The van der Waals surface area contributed by atoms with Crippen LogP contribution in [0.1, 0.15) is 13.3 Å². The first-order valence-corrected chi connectivity index (χ1v) is 7.79. The lowest BCUT2D eigenvalue weighted by atomic mass is 10.1. The number of hydrogen-bond acceptors (Lipinski definition) is 5. The van der Waals surface area contributed by atoms with Gasteiger partial charge in [-0.15, -0.1) is 0 Å². The highest BCUT2D eigenvalue weighted by Gasteiger charge is 2.13. The van der Waals surface area contributed by atoms with E-state index in [-0.39, 0.29) is 0 Å². The number of benzene rings is 1. The molecule has 1 heterocycles. The van der Waals surface area contributed by atoms with E-state index in [9.17, 15) is 0 Å². The Hall–Kier alpha value is -1.21. The van der Waals surface area contributed by atoms with Crippen molar-refractivity contribution in [2.45, 2.75) is 13.3 Å². The van der Waals surface area contributed by atoms with Crippen molar-refractivity contribution in [3.8, 4) is 11.1 Å². The molecule has 112 valence electrons. The van der Waals surface area contributed by atoms with Crippen molar-refractivity contribution in [3.63, 3.8) is 0 Å². The molecule has 0 spiro atoms. The van der Waals surface area contributed by atoms with Crippen molar-refractivity contribution in [2.24, 2.45) is 0 Å². The summed E-state index contributed by atoms with van der Waals surface area (Å²) in [6.45, 7) is 2.98. The Bertz CT molecular complexity index is 590. The van der Waals surface area contributed by atoms with Gasteiger partial charge in [0.1, 0.15) is 11.5 Å². The van der Waals surface area contributed by atoms with Crippen LogP contribution in [0.3, 0.4) is 0 Å². The second-order valence-electron chi connectivity index (χ2n) is 4.47. The van der Waals surface area contributed by atoms with E-state index in [0.29, 0.717) is 11.0 Å². The Balaban J connectivity index is 2.30. The van der Waals surface area contributed by atoms with Crippen molar-refractivity contribution in [1.29, 1.82) is 0 Å². The van der Waals surface area contributed by atoms with Gasteiger partial charge in [-0.05, 0) is 24.1 Å². The summed E-state index contributed by atoms with van der Waals surface area (Å²) in [4.78, 5) is 8.36. The van der Waals surface area contributed by atoms with Gasteiger partial charge >= 0.3 is 0 Å². The van der Waals surface area contributed by atoms with E-state index in [0.717, 1.165) is 28.6 Å². The number of nitrogens with one attached hydrogen (secondary N) is 2. The van der Waals surface area contributed by atoms with Crippen molar-refractivity contribution in [1.82, 2.24) is 20.5 Å². The zero-order valence-electron chi connectivity index (χ0n) is 11.9. The number of anilines is 1. The molecule has 21 heavy (non-hydrogen) atoms. The van der Waals surface area contributed by atoms with Crippen LogP contribution in [0.2, 0.25) is 5.15 Å². The van der Waals surface area contributed by atoms with Crippen LogP contribution in [0.15, 0.2) is 35.1 Å². The average molecular weight is 371 g/mol. The van der Waals surface area contributed by atoms with Crippen molar-refractivity contribution in [2.75, 3.05) is 19.0 Å². The summed E-state index contributed by atoms with van der Waals surface area (Å²) >= 11 is 9.68. The summed E-state index contributed by atoms with van der Waals surface area (Å²) in [6, 6.07) is 7.86. The predicted octanol–water partition coefficient (Wildman–Crippen LogP) is 3.73. The number of rotatable bonds is 6. The van der Waals surface area contributed by atoms with E-state index in [2.05, 4.69) is 43.7 Å². The molecule has 0 saturated carbocycles. The van der Waals surface area contributed by atoms with Gasteiger partial charge in [-0.2, -0.15) is 5.12 Å². The van der Waals surface area contributed by atoms with Crippen LogP contribution in [0.5, 0.6) is 0 Å². The molecular weight excluding hydrogens is 354 g/mol. The first-order valence-electron chi connectivity index (χ1n) is 6.62. The highest BCUT2D eigenvalue weighted by molar-refractivity contribution is 9.10. The third kappa shape index (κ3) is 4.38. The smallest absolute Gasteiger partial charge is 0.154 e. The van der Waals surface area contributed by atoms with Gasteiger partial charge in [0.2, 0.25) is 0 Å². The molecule has 0 radical (unpaired) electrons. The molecule has 0 aliphatic heterocycles. The molecule has 5 nitrogen and oxygen atoms in total. The predicted molar refractivity (Wildman–Crippen MR) is 89.9 cm³/mol. The van der Waals surface area contributed by atoms with Crippen LogP contribution >= 0.6 is 27.5 Å². The fraction of sp³-hybridized carbons (Fsp3) is 0.286. The standard InChI is InChI=1S/C14H17BrClN5/c1-3-8-19-21(2)20-14-12(13(16)17-9-18-14)10-4-6-11(15)7-5-10/h4-7,9,19H,3,8H2,1-2H3,(H,17,18,20). The molecule has 0 amide bonds. The van der Waals surface area contributed by atoms with E-state index < -0.39 is 0 Å². The Morgan fingerprint density at radius 1 is 1.24 bits per heavy atom. The second-order valence-corrected chi connectivity index (χ2v) is 5.75. The molecule has 2 aromatic rings. The summed E-state index contributed by atoms with van der Waals surface area (Å²) in [7, 11) is 1.89. The van der Waals surface area contributed by atoms with Crippen molar-refractivity contribution in [3.05, 3.63) is 40.2 Å². The Kier molecular flexibility index (Phi) is 5.93. The van der Waals surface area contributed by atoms with Gasteiger partial charge in [-0.3, -0.25) is 5.43 Å². The van der Waals surface area contributed by atoms with E-state index in [1.165, 1.54) is 6.33 Å². The zero-order valence-corrected chi connectivity index (χ0v) is 14.2. The van der Waals surface area contributed by atoms with Gasteiger partial charge < -0.3 is 0 Å². The van der Waals surface area contributed by atoms with Crippen LogP contribution in [0, 0.1) is 0 Å². The largest absolute Gasteiger partial charge is 0.289 e. The minimum absolute atomic E-state index is 0.415. The van der Waals surface area contributed by atoms with Crippen LogP contribution in [0.25, 0.3) is 11.1 Å². The highest BCUT2D eigenvalue weighted by Crippen LogP contribution is 2.32. The van der Waals surface area contributed by atoms with Gasteiger partial charge in [0.05, 0.1) is 5.56 Å². The Morgan fingerprint density at radius 2 is 1.95 bits per heavy atom. The molecule has 0 unspecified atom stereocenters. The summed E-state index contributed by atoms with van der Waals surface area (Å²) in [5.74, 6) is 0.656. The lowest BCUT2D eigenvalue weighted by Crippen LogP contribution is -2.39. The molecular formula is C14H17BrClN5. The van der Waals surface area contributed by atoms with Crippen LogP contribution < -0.4 is 10.9 Å². The number of hydrogen-bond donors (Lipinski definition) is 2. The van der Waals surface area contributed by atoms with Crippen LogP contribution in [-0.4, -0.2) is 28.7 Å². The molecule has 0 atom stereocenters. The fourth-order valence-electron chi connectivity index (χ4n) is 1.80. The first-order chi connectivity index (χ1) is 10.1.